The SMILES string of the molecule is O=C1/C(=C\c2ccccc2O)Oc2c1cc(Cl)cc2[N+](=O)[O-]. The molecule has 22 heavy (non-hydrogen) atoms. The number of ether oxygens (including phenoxy) is 1. The fourth-order valence-electron chi connectivity index (χ4n) is 2.13. The van der Waals surface area contributed by atoms with Crippen LogP contribution in [0, 0.1) is 10.1 Å². The molecule has 110 valence electrons. The minimum Gasteiger partial charge on any atom is -0.507 e. The molecule has 7 heteroatoms. The van der Waals surface area contributed by atoms with E-state index in [1.54, 1.807) is 18.2 Å². The fraction of sp³-hybridized carbons (Fsp3) is 0. The number of rotatable bonds is 2. The summed E-state index contributed by atoms with van der Waals surface area (Å²) >= 11 is 5.80. The molecule has 0 radical (unpaired) electrons. The molecule has 0 fully saturated rings. The molecule has 0 atom stereocenters. The first kappa shape index (κ1) is 14.1. The number of Topliss-reactive ketones (excluding diaryl/α,β-unsaturated/α-hetero) is 1. The van der Waals surface area contributed by atoms with Crippen LogP contribution >= 0.6 is 11.6 Å². The van der Waals surface area contributed by atoms with E-state index in [1.165, 1.54) is 18.2 Å². The number of phenols is 1. The number of phenolic OH excluding ortho intramolecular Hbond substituents is 1. The van der Waals surface area contributed by atoms with Gasteiger partial charge in [0, 0.05) is 16.7 Å². The average molecular weight is 318 g/mol. The molecule has 0 spiro atoms. The van der Waals surface area contributed by atoms with Gasteiger partial charge in [-0.3, -0.25) is 14.9 Å². The maximum absolute atomic E-state index is 12.3. The van der Waals surface area contributed by atoms with Gasteiger partial charge in [0.05, 0.1) is 10.5 Å². The summed E-state index contributed by atoms with van der Waals surface area (Å²) in [5.41, 5.74) is 0.0183. The van der Waals surface area contributed by atoms with E-state index in [2.05, 4.69) is 0 Å². The number of carbonyl (C=O) groups excluding carboxylic acids is 1. The number of hydrogen-bond donors (Lipinski definition) is 1. The van der Waals surface area contributed by atoms with E-state index >= 15 is 0 Å². The Bertz CT molecular complexity index is 844. The zero-order chi connectivity index (χ0) is 15.9. The second kappa shape index (κ2) is 5.16. The zero-order valence-electron chi connectivity index (χ0n) is 10.9. The Morgan fingerprint density at radius 2 is 2.00 bits per heavy atom. The number of para-hydroxylation sites is 1. The number of aromatic hydroxyl groups is 1. The van der Waals surface area contributed by atoms with Crippen molar-refractivity contribution in [3.05, 3.63) is 68.4 Å². The molecule has 1 heterocycles. The first-order valence-corrected chi connectivity index (χ1v) is 6.55. The van der Waals surface area contributed by atoms with E-state index in [0.29, 0.717) is 5.56 Å². The topological polar surface area (TPSA) is 89.7 Å². The first-order valence-electron chi connectivity index (χ1n) is 6.17. The largest absolute Gasteiger partial charge is 0.507 e. The van der Waals surface area contributed by atoms with Gasteiger partial charge in [-0.15, -0.1) is 0 Å². The van der Waals surface area contributed by atoms with Gasteiger partial charge in [-0.25, -0.2) is 0 Å². The second-order valence-electron chi connectivity index (χ2n) is 4.56. The van der Waals surface area contributed by atoms with Gasteiger partial charge in [0.2, 0.25) is 11.5 Å². The molecule has 3 rings (SSSR count). The molecule has 0 aliphatic carbocycles. The predicted octanol–water partition coefficient (Wildman–Crippen LogP) is 3.57. The van der Waals surface area contributed by atoms with Crippen LogP contribution in [0.4, 0.5) is 5.69 Å². The van der Waals surface area contributed by atoms with E-state index in [1.807, 2.05) is 0 Å². The first-order chi connectivity index (χ1) is 10.5. The van der Waals surface area contributed by atoms with Crippen LogP contribution in [0.25, 0.3) is 6.08 Å². The molecule has 2 aromatic rings. The smallest absolute Gasteiger partial charge is 0.313 e. The molecular formula is C15H8ClNO5. The summed E-state index contributed by atoms with van der Waals surface area (Å²) in [6.45, 7) is 0. The highest BCUT2D eigenvalue weighted by Crippen LogP contribution is 2.41. The number of carbonyl (C=O) groups is 1. The van der Waals surface area contributed by atoms with E-state index in [4.69, 9.17) is 16.3 Å². The van der Waals surface area contributed by atoms with Crippen LogP contribution in [-0.4, -0.2) is 15.8 Å². The molecule has 1 N–H and O–H groups in total. The highest BCUT2D eigenvalue weighted by Gasteiger charge is 2.34. The highest BCUT2D eigenvalue weighted by atomic mass is 35.5. The van der Waals surface area contributed by atoms with Crippen molar-refractivity contribution >= 4 is 29.1 Å². The van der Waals surface area contributed by atoms with E-state index in [-0.39, 0.29) is 33.5 Å². The summed E-state index contributed by atoms with van der Waals surface area (Å²) in [6.07, 6.45) is 1.33. The Balaban J connectivity index is 2.10. The average Bonchev–Trinajstić information content (AvgIpc) is 2.77. The number of benzene rings is 2. The lowest BCUT2D eigenvalue weighted by Crippen LogP contribution is -1.98. The Morgan fingerprint density at radius 3 is 2.68 bits per heavy atom. The number of allylic oxidation sites excluding steroid dienone is 1. The maximum atomic E-state index is 12.3. The van der Waals surface area contributed by atoms with Gasteiger partial charge < -0.3 is 9.84 Å². The number of halogens is 1. The lowest BCUT2D eigenvalue weighted by Gasteiger charge is -2.01. The van der Waals surface area contributed by atoms with Crippen LogP contribution < -0.4 is 4.74 Å². The summed E-state index contributed by atoms with van der Waals surface area (Å²) in [6, 6.07) is 8.79. The number of fused-ring (bicyclic) bond motifs is 1. The van der Waals surface area contributed by atoms with Gasteiger partial charge in [-0.2, -0.15) is 0 Å². The second-order valence-corrected chi connectivity index (χ2v) is 4.99. The summed E-state index contributed by atoms with van der Waals surface area (Å²) in [4.78, 5) is 22.7. The molecule has 0 unspecified atom stereocenters. The molecule has 1 aliphatic rings. The van der Waals surface area contributed by atoms with Crippen molar-refractivity contribution in [2.24, 2.45) is 0 Å². The van der Waals surface area contributed by atoms with Crippen LogP contribution in [0.3, 0.4) is 0 Å². The minimum atomic E-state index is -0.666. The molecular weight excluding hydrogens is 310 g/mol. The number of nitro groups is 1. The molecule has 6 nitrogen and oxygen atoms in total. The molecule has 2 aromatic carbocycles. The zero-order valence-corrected chi connectivity index (χ0v) is 11.7. The number of ketones is 1. The van der Waals surface area contributed by atoms with Crippen LogP contribution in [0.15, 0.2) is 42.2 Å². The van der Waals surface area contributed by atoms with Gasteiger partial charge in [0.25, 0.3) is 0 Å². The van der Waals surface area contributed by atoms with Crippen molar-refractivity contribution in [3.8, 4) is 11.5 Å². The molecule has 0 saturated carbocycles. The van der Waals surface area contributed by atoms with Crippen molar-refractivity contribution in [1.82, 2.24) is 0 Å². The van der Waals surface area contributed by atoms with Crippen molar-refractivity contribution in [2.45, 2.75) is 0 Å². The van der Waals surface area contributed by atoms with E-state index < -0.39 is 10.7 Å². The summed E-state index contributed by atoms with van der Waals surface area (Å²) in [5.74, 6) is -0.804. The van der Waals surface area contributed by atoms with E-state index in [0.717, 1.165) is 6.07 Å². The van der Waals surface area contributed by atoms with Crippen molar-refractivity contribution in [1.29, 1.82) is 0 Å². The molecule has 0 aromatic heterocycles. The van der Waals surface area contributed by atoms with Crippen LogP contribution in [0.1, 0.15) is 15.9 Å². The molecule has 1 aliphatic heterocycles. The van der Waals surface area contributed by atoms with Crippen molar-refractivity contribution in [3.63, 3.8) is 0 Å². The van der Waals surface area contributed by atoms with Gasteiger partial charge in [0.1, 0.15) is 5.75 Å². The Kier molecular flexibility index (Phi) is 3.30. The van der Waals surface area contributed by atoms with Gasteiger partial charge >= 0.3 is 5.69 Å². The highest BCUT2D eigenvalue weighted by molar-refractivity contribution is 6.32. The van der Waals surface area contributed by atoms with Crippen molar-refractivity contribution < 1.29 is 19.6 Å². The summed E-state index contributed by atoms with van der Waals surface area (Å²) in [7, 11) is 0. The third kappa shape index (κ3) is 2.29. The number of nitrogens with zero attached hydrogens (tertiary/aromatic N) is 1. The minimum absolute atomic E-state index is 0.0286. The fourth-order valence-corrected chi connectivity index (χ4v) is 2.34. The van der Waals surface area contributed by atoms with Crippen LogP contribution in [0.2, 0.25) is 5.02 Å². The lowest BCUT2D eigenvalue weighted by atomic mass is 10.1. The third-order valence-electron chi connectivity index (χ3n) is 3.13. The number of nitro benzene ring substituents is 1. The standard InChI is InChI=1S/C15H8ClNO5/c16-9-6-10-14(19)13(5-8-3-1-2-4-12(8)18)22-15(10)11(7-9)17(20)21/h1-7,18H/b13-5+. The van der Waals surface area contributed by atoms with Crippen LogP contribution in [0.5, 0.6) is 11.5 Å². The van der Waals surface area contributed by atoms with E-state index in [9.17, 15) is 20.0 Å². The van der Waals surface area contributed by atoms with Gasteiger partial charge in [-0.1, -0.05) is 29.8 Å². The van der Waals surface area contributed by atoms with Gasteiger partial charge in [0.15, 0.2) is 5.76 Å². The molecule has 0 bridgehead atoms. The summed E-state index contributed by atoms with van der Waals surface area (Å²) < 4.78 is 5.33. The van der Waals surface area contributed by atoms with Gasteiger partial charge in [-0.05, 0) is 18.2 Å². The normalized spacial score (nSPS) is 14.8. The Morgan fingerprint density at radius 1 is 1.27 bits per heavy atom. The quantitative estimate of drug-likeness (QED) is 0.519. The predicted molar refractivity (Wildman–Crippen MR) is 79.1 cm³/mol. The number of hydrogen-bond acceptors (Lipinski definition) is 5. The maximum Gasteiger partial charge on any atom is 0.313 e. The van der Waals surface area contributed by atoms with Crippen LogP contribution in [-0.2, 0) is 0 Å². The summed E-state index contributed by atoms with van der Waals surface area (Å²) in [5, 5.41) is 20.8. The Hall–Kier alpha value is -2.86. The third-order valence-corrected chi connectivity index (χ3v) is 3.35. The molecule has 0 amide bonds. The molecule has 0 saturated heterocycles. The monoisotopic (exact) mass is 317 g/mol. The lowest BCUT2D eigenvalue weighted by molar-refractivity contribution is -0.385. The Labute approximate surface area is 129 Å². The van der Waals surface area contributed by atoms with Crippen molar-refractivity contribution in [2.75, 3.05) is 0 Å².